The molecule has 0 aromatic heterocycles. The van der Waals surface area contributed by atoms with E-state index in [0.29, 0.717) is 0 Å². The molecule has 0 N–H and O–H groups in total. The van der Waals surface area contributed by atoms with Gasteiger partial charge < -0.3 is 0 Å². The van der Waals surface area contributed by atoms with Gasteiger partial charge in [0.15, 0.2) is 0 Å². The summed E-state index contributed by atoms with van der Waals surface area (Å²) < 4.78 is 0. The Balaban J connectivity index is 2.36. The fourth-order valence-electron chi connectivity index (χ4n) is 2.17. The molecule has 0 atom stereocenters. The zero-order valence-electron chi connectivity index (χ0n) is 13.6. The Hall–Kier alpha value is -1.98. The molecule has 0 amide bonds. The van der Waals surface area contributed by atoms with Gasteiger partial charge in [0, 0.05) is 4.91 Å². The molecule has 0 fully saturated rings. The van der Waals surface area contributed by atoms with Gasteiger partial charge in [-0.25, -0.2) is 0 Å². The first-order chi connectivity index (χ1) is 10.4. The molecule has 0 aliphatic rings. The van der Waals surface area contributed by atoms with Crippen LogP contribution in [-0.2, 0) is 5.41 Å². The molecule has 0 radical (unpaired) electrons. The molecule has 2 aromatic carbocycles. The first-order valence-corrected chi connectivity index (χ1v) is 8.17. The van der Waals surface area contributed by atoms with Crippen LogP contribution in [0.25, 0.3) is 11.0 Å². The van der Waals surface area contributed by atoms with Crippen molar-refractivity contribution < 1.29 is 0 Å². The van der Waals surface area contributed by atoms with Crippen molar-refractivity contribution in [3.05, 3.63) is 70.8 Å². The summed E-state index contributed by atoms with van der Waals surface area (Å²) in [6, 6.07) is 16.8. The highest BCUT2D eigenvalue weighted by Crippen LogP contribution is 2.31. The van der Waals surface area contributed by atoms with Crippen molar-refractivity contribution in [2.24, 2.45) is 0 Å². The second kappa shape index (κ2) is 6.85. The van der Waals surface area contributed by atoms with Crippen molar-refractivity contribution in [2.45, 2.75) is 33.1 Å². The Labute approximate surface area is 137 Å². The fraction of sp³-hybridized carbons (Fsp3) is 0.250. The predicted molar refractivity (Wildman–Crippen MR) is 97.4 cm³/mol. The lowest BCUT2D eigenvalue weighted by atomic mass is 9.86. The summed E-state index contributed by atoms with van der Waals surface area (Å²) >= 11 is 1.21. The number of thiocyanates is 1. The maximum Gasteiger partial charge on any atom is 0.138 e. The van der Waals surface area contributed by atoms with Crippen molar-refractivity contribution in [2.75, 3.05) is 0 Å². The second-order valence-electron chi connectivity index (χ2n) is 6.44. The van der Waals surface area contributed by atoms with Gasteiger partial charge >= 0.3 is 0 Å². The first-order valence-electron chi connectivity index (χ1n) is 7.35. The van der Waals surface area contributed by atoms with Crippen LogP contribution >= 0.6 is 11.8 Å². The third kappa shape index (κ3) is 4.26. The predicted octanol–water partition coefficient (Wildman–Crippen LogP) is 6.00. The smallest absolute Gasteiger partial charge is 0.138 e. The number of nitrogens with zero attached hydrogens (tertiary/aromatic N) is 1. The van der Waals surface area contributed by atoms with Gasteiger partial charge in [0.05, 0.1) is 0 Å². The number of hydrogen-bond acceptors (Lipinski definition) is 2. The van der Waals surface area contributed by atoms with Crippen LogP contribution in [0, 0.1) is 17.6 Å². The molecule has 0 saturated carbocycles. The van der Waals surface area contributed by atoms with Crippen molar-refractivity contribution in [3.8, 4) is 5.40 Å². The zero-order valence-corrected chi connectivity index (χ0v) is 14.4. The summed E-state index contributed by atoms with van der Waals surface area (Å²) in [6.45, 7) is 8.68. The van der Waals surface area contributed by atoms with E-state index in [1.165, 1.54) is 22.9 Å². The normalized spacial score (nSPS) is 12.0. The van der Waals surface area contributed by atoms with Crippen molar-refractivity contribution in [3.63, 3.8) is 0 Å². The van der Waals surface area contributed by atoms with E-state index in [1.807, 2.05) is 0 Å². The average molecular weight is 307 g/mol. The number of aryl methyl sites for hydroxylation is 1. The maximum atomic E-state index is 9.08. The minimum atomic E-state index is 0.141. The lowest BCUT2D eigenvalue weighted by molar-refractivity contribution is 0.590. The molecule has 2 aromatic rings. The fourth-order valence-corrected chi connectivity index (χ4v) is 2.72. The van der Waals surface area contributed by atoms with E-state index in [1.54, 1.807) is 0 Å². The molecule has 0 aliphatic carbocycles. The molecule has 22 heavy (non-hydrogen) atoms. The maximum absolute atomic E-state index is 9.08. The molecule has 0 saturated heterocycles. The number of hydrogen-bond donors (Lipinski definition) is 0. The highest BCUT2D eigenvalue weighted by atomic mass is 32.2. The number of nitriles is 1. The van der Waals surface area contributed by atoms with E-state index in [-0.39, 0.29) is 5.41 Å². The molecule has 0 aliphatic heterocycles. The molecule has 0 bridgehead atoms. The molecule has 2 heteroatoms. The Kier molecular flexibility index (Phi) is 5.11. The molecule has 0 unspecified atom stereocenters. The number of thioether (sulfide) groups is 1. The third-order valence-corrected chi connectivity index (χ3v) is 4.23. The summed E-state index contributed by atoms with van der Waals surface area (Å²) in [6.07, 6.45) is 2.07. The number of benzene rings is 2. The van der Waals surface area contributed by atoms with Crippen molar-refractivity contribution in [1.82, 2.24) is 0 Å². The average Bonchev–Trinajstić information content (AvgIpc) is 2.48. The van der Waals surface area contributed by atoms with E-state index in [9.17, 15) is 0 Å². The lowest BCUT2D eigenvalue weighted by Crippen LogP contribution is -2.10. The summed E-state index contributed by atoms with van der Waals surface area (Å²) in [5, 5.41) is 11.3. The van der Waals surface area contributed by atoms with Crippen LogP contribution in [0.2, 0.25) is 0 Å². The van der Waals surface area contributed by atoms with Gasteiger partial charge in [-0.3, -0.25) is 0 Å². The summed E-state index contributed by atoms with van der Waals surface area (Å²) in [7, 11) is 0. The van der Waals surface area contributed by atoms with E-state index >= 15 is 0 Å². The molecular formula is C20H21NS. The standard InChI is InChI=1S/C20H21NS/c1-15-5-7-16(8-6-15)13-19(22-14-21)17-9-11-18(12-10-17)20(2,3)4/h5-13H,1-4H3/b19-13+. The van der Waals surface area contributed by atoms with Gasteiger partial charge in [0.25, 0.3) is 0 Å². The van der Waals surface area contributed by atoms with Gasteiger partial charge in [0.1, 0.15) is 5.40 Å². The first kappa shape index (κ1) is 16.4. The SMILES string of the molecule is Cc1ccc(/C=C(/SC#N)c2ccc(C(C)(C)C)cc2)cc1. The monoisotopic (exact) mass is 307 g/mol. The van der Waals surface area contributed by atoms with Gasteiger partial charge in [-0.15, -0.1) is 0 Å². The highest BCUT2D eigenvalue weighted by Gasteiger charge is 2.13. The summed E-state index contributed by atoms with van der Waals surface area (Å²) in [4.78, 5) is 0.979. The molecular weight excluding hydrogens is 286 g/mol. The van der Waals surface area contributed by atoms with Gasteiger partial charge in [-0.2, -0.15) is 5.26 Å². The molecule has 2 rings (SSSR count). The molecule has 0 spiro atoms. The van der Waals surface area contributed by atoms with E-state index in [2.05, 4.69) is 87.7 Å². The minimum absolute atomic E-state index is 0.141. The third-order valence-electron chi connectivity index (χ3n) is 3.57. The molecule has 1 nitrogen and oxygen atoms in total. The van der Waals surface area contributed by atoms with Crippen LogP contribution in [0.1, 0.15) is 43.0 Å². The van der Waals surface area contributed by atoms with Crippen LogP contribution in [-0.4, -0.2) is 0 Å². The van der Waals surface area contributed by atoms with Crippen LogP contribution < -0.4 is 0 Å². The molecule has 112 valence electrons. The summed E-state index contributed by atoms with van der Waals surface area (Å²) in [5.74, 6) is 0. The lowest BCUT2D eigenvalue weighted by Gasteiger charge is -2.19. The largest absolute Gasteiger partial charge is 0.185 e. The van der Waals surface area contributed by atoms with Crippen molar-refractivity contribution in [1.29, 1.82) is 5.26 Å². The van der Waals surface area contributed by atoms with Gasteiger partial charge in [-0.05, 0) is 46.9 Å². The van der Waals surface area contributed by atoms with E-state index < -0.39 is 0 Å². The topological polar surface area (TPSA) is 23.8 Å². The summed E-state index contributed by atoms with van der Waals surface area (Å²) in [5.41, 5.74) is 4.87. The van der Waals surface area contributed by atoms with Crippen LogP contribution in [0.3, 0.4) is 0 Å². The van der Waals surface area contributed by atoms with Gasteiger partial charge in [-0.1, -0.05) is 74.9 Å². The second-order valence-corrected chi connectivity index (χ2v) is 7.27. The van der Waals surface area contributed by atoms with E-state index in [0.717, 1.165) is 16.0 Å². The van der Waals surface area contributed by atoms with E-state index in [4.69, 9.17) is 5.26 Å². The van der Waals surface area contributed by atoms with Gasteiger partial charge in [0.2, 0.25) is 0 Å². The van der Waals surface area contributed by atoms with Crippen molar-refractivity contribution >= 4 is 22.7 Å². The highest BCUT2D eigenvalue weighted by molar-refractivity contribution is 8.12. The minimum Gasteiger partial charge on any atom is -0.185 e. The number of rotatable bonds is 3. The Morgan fingerprint density at radius 3 is 2.09 bits per heavy atom. The van der Waals surface area contributed by atoms with Crippen LogP contribution in [0.5, 0.6) is 0 Å². The van der Waals surface area contributed by atoms with Crippen LogP contribution in [0.15, 0.2) is 48.5 Å². The quantitative estimate of drug-likeness (QED) is 0.512. The zero-order chi connectivity index (χ0) is 16.2. The van der Waals surface area contributed by atoms with Crippen LogP contribution in [0.4, 0.5) is 0 Å². The Morgan fingerprint density at radius 1 is 1.00 bits per heavy atom. The Bertz CT molecular complexity index is 695. The molecule has 0 heterocycles. The Morgan fingerprint density at radius 2 is 1.59 bits per heavy atom.